The molecule has 0 radical (unpaired) electrons. The van der Waals surface area contributed by atoms with Gasteiger partial charge in [0, 0.05) is 25.6 Å². The van der Waals surface area contributed by atoms with Crippen LogP contribution in [0.3, 0.4) is 0 Å². The number of nitrogens with zero attached hydrogens (tertiary/aromatic N) is 1. The number of nitrogens with one attached hydrogen (secondary N) is 1. The zero-order chi connectivity index (χ0) is 12.4. The van der Waals surface area contributed by atoms with Gasteiger partial charge in [-0.3, -0.25) is 4.79 Å². The molecule has 0 heterocycles. The summed E-state index contributed by atoms with van der Waals surface area (Å²) >= 11 is 0. The first kappa shape index (κ1) is 15.4. The lowest BCUT2D eigenvalue weighted by Gasteiger charge is -2.23. The van der Waals surface area contributed by atoms with Gasteiger partial charge in [-0.15, -0.1) is 0 Å². The Morgan fingerprint density at radius 3 is 2.56 bits per heavy atom. The molecule has 0 aliphatic carbocycles. The molecule has 0 saturated carbocycles. The molecule has 4 nitrogen and oxygen atoms in total. The lowest BCUT2D eigenvalue weighted by atomic mass is 10.2. The van der Waals surface area contributed by atoms with Gasteiger partial charge in [0.25, 0.3) is 0 Å². The third kappa shape index (κ3) is 6.80. The highest BCUT2D eigenvalue weighted by Gasteiger charge is 2.15. The largest absolute Gasteiger partial charge is 0.395 e. The van der Waals surface area contributed by atoms with Crippen LogP contribution in [-0.2, 0) is 4.79 Å². The Kier molecular flexibility index (Phi) is 9.24. The summed E-state index contributed by atoms with van der Waals surface area (Å²) in [5, 5.41) is 12.1. The molecule has 1 amide bonds. The van der Waals surface area contributed by atoms with Gasteiger partial charge in [-0.05, 0) is 19.9 Å². The van der Waals surface area contributed by atoms with Crippen LogP contribution in [0.4, 0.5) is 0 Å². The Balaban J connectivity index is 4.04. The van der Waals surface area contributed by atoms with Crippen LogP contribution in [0.1, 0.15) is 40.0 Å². The van der Waals surface area contributed by atoms with E-state index in [4.69, 9.17) is 5.11 Å². The lowest BCUT2D eigenvalue weighted by Crippen LogP contribution is -2.39. The fourth-order valence-corrected chi connectivity index (χ4v) is 1.64. The molecule has 0 aromatic heterocycles. The molecule has 96 valence electrons. The van der Waals surface area contributed by atoms with Gasteiger partial charge >= 0.3 is 0 Å². The smallest absolute Gasteiger partial charge is 0.224 e. The fourth-order valence-electron chi connectivity index (χ4n) is 1.64. The van der Waals surface area contributed by atoms with Crippen LogP contribution in [0.5, 0.6) is 0 Å². The number of hydrogen-bond acceptors (Lipinski definition) is 3. The van der Waals surface area contributed by atoms with Crippen LogP contribution < -0.4 is 5.32 Å². The van der Waals surface area contributed by atoms with E-state index in [1.807, 2.05) is 13.8 Å². The molecule has 0 spiro atoms. The Morgan fingerprint density at radius 1 is 1.38 bits per heavy atom. The number of aliphatic hydroxyl groups excluding tert-OH is 1. The van der Waals surface area contributed by atoms with Gasteiger partial charge in [0.15, 0.2) is 0 Å². The molecule has 0 aliphatic rings. The number of hydrogen-bond donors (Lipinski definition) is 2. The lowest BCUT2D eigenvalue weighted by molar-refractivity contribution is -0.132. The number of carbonyl (C=O) groups is 1. The van der Waals surface area contributed by atoms with Gasteiger partial charge in [0.05, 0.1) is 6.61 Å². The maximum absolute atomic E-state index is 11.9. The van der Waals surface area contributed by atoms with Crippen molar-refractivity contribution >= 4 is 5.91 Å². The molecule has 0 rings (SSSR count). The molecular formula is C12H26N2O2. The van der Waals surface area contributed by atoms with Crippen LogP contribution in [0.2, 0.25) is 0 Å². The number of aliphatic hydroxyl groups is 1. The zero-order valence-electron chi connectivity index (χ0n) is 10.8. The first-order valence-corrected chi connectivity index (χ1v) is 6.27. The molecule has 4 heteroatoms. The van der Waals surface area contributed by atoms with E-state index in [1.54, 1.807) is 4.90 Å². The third-order valence-electron chi connectivity index (χ3n) is 2.54. The van der Waals surface area contributed by atoms with Gasteiger partial charge < -0.3 is 15.3 Å². The Hall–Kier alpha value is -0.610. The molecule has 0 aliphatic heterocycles. The SMILES string of the molecule is CCCCN(CCO)C(=O)CC(C)NCC. The minimum Gasteiger partial charge on any atom is -0.395 e. The second-order valence-corrected chi connectivity index (χ2v) is 4.12. The minimum atomic E-state index is 0.0467. The summed E-state index contributed by atoms with van der Waals surface area (Å²) in [6, 6.07) is 0.209. The predicted molar refractivity (Wildman–Crippen MR) is 66.3 cm³/mol. The van der Waals surface area contributed by atoms with Gasteiger partial charge in [-0.25, -0.2) is 0 Å². The highest BCUT2D eigenvalue weighted by Crippen LogP contribution is 2.01. The summed E-state index contributed by atoms with van der Waals surface area (Å²) < 4.78 is 0. The summed E-state index contributed by atoms with van der Waals surface area (Å²) in [5.41, 5.74) is 0. The van der Waals surface area contributed by atoms with E-state index in [0.717, 1.165) is 25.9 Å². The summed E-state index contributed by atoms with van der Waals surface area (Å²) in [7, 11) is 0. The van der Waals surface area contributed by atoms with E-state index >= 15 is 0 Å². The van der Waals surface area contributed by atoms with Crippen molar-refractivity contribution in [1.82, 2.24) is 10.2 Å². The molecular weight excluding hydrogens is 204 g/mol. The van der Waals surface area contributed by atoms with E-state index in [9.17, 15) is 4.79 Å². The first-order valence-electron chi connectivity index (χ1n) is 6.27. The van der Waals surface area contributed by atoms with Crippen molar-refractivity contribution < 1.29 is 9.90 Å². The van der Waals surface area contributed by atoms with Gasteiger partial charge in [0.2, 0.25) is 5.91 Å². The number of carbonyl (C=O) groups excluding carboxylic acids is 1. The van der Waals surface area contributed by atoms with Gasteiger partial charge in [-0.1, -0.05) is 20.3 Å². The van der Waals surface area contributed by atoms with Crippen molar-refractivity contribution in [2.24, 2.45) is 0 Å². The molecule has 0 aromatic carbocycles. The maximum Gasteiger partial charge on any atom is 0.224 e. The second-order valence-electron chi connectivity index (χ2n) is 4.12. The molecule has 0 bridgehead atoms. The highest BCUT2D eigenvalue weighted by atomic mass is 16.3. The summed E-state index contributed by atoms with van der Waals surface area (Å²) in [4.78, 5) is 13.7. The van der Waals surface area contributed by atoms with E-state index in [2.05, 4.69) is 12.2 Å². The summed E-state index contributed by atoms with van der Waals surface area (Å²) in [5.74, 6) is 0.135. The molecule has 0 fully saturated rings. The average molecular weight is 230 g/mol. The van der Waals surface area contributed by atoms with Crippen molar-refractivity contribution in [2.75, 3.05) is 26.2 Å². The Morgan fingerprint density at radius 2 is 2.06 bits per heavy atom. The normalized spacial score (nSPS) is 12.5. The molecule has 16 heavy (non-hydrogen) atoms. The third-order valence-corrected chi connectivity index (χ3v) is 2.54. The topological polar surface area (TPSA) is 52.6 Å². The molecule has 2 N–H and O–H groups in total. The average Bonchev–Trinajstić information content (AvgIpc) is 2.24. The minimum absolute atomic E-state index is 0.0467. The van der Waals surface area contributed by atoms with Gasteiger partial charge in [0.1, 0.15) is 0 Å². The van der Waals surface area contributed by atoms with Crippen molar-refractivity contribution in [3.05, 3.63) is 0 Å². The van der Waals surface area contributed by atoms with E-state index in [0.29, 0.717) is 13.0 Å². The summed E-state index contributed by atoms with van der Waals surface area (Å²) in [6.45, 7) is 8.28. The maximum atomic E-state index is 11.9. The van der Waals surface area contributed by atoms with E-state index < -0.39 is 0 Å². The fraction of sp³-hybridized carbons (Fsp3) is 0.917. The predicted octanol–water partition coefficient (Wildman–Crippen LogP) is 0.995. The van der Waals surface area contributed by atoms with E-state index in [1.165, 1.54) is 0 Å². The van der Waals surface area contributed by atoms with Crippen LogP contribution in [0.15, 0.2) is 0 Å². The molecule has 0 aromatic rings. The van der Waals surface area contributed by atoms with Crippen LogP contribution in [0, 0.1) is 0 Å². The van der Waals surface area contributed by atoms with Crippen LogP contribution >= 0.6 is 0 Å². The Bertz CT molecular complexity index is 186. The van der Waals surface area contributed by atoms with Crippen molar-refractivity contribution in [1.29, 1.82) is 0 Å². The van der Waals surface area contributed by atoms with Crippen molar-refractivity contribution in [3.8, 4) is 0 Å². The quantitative estimate of drug-likeness (QED) is 0.621. The summed E-state index contributed by atoms with van der Waals surface area (Å²) in [6.07, 6.45) is 2.58. The highest BCUT2D eigenvalue weighted by molar-refractivity contribution is 5.76. The van der Waals surface area contributed by atoms with Crippen molar-refractivity contribution in [3.63, 3.8) is 0 Å². The second kappa shape index (κ2) is 9.60. The standard InChI is InChI=1S/C12H26N2O2/c1-4-6-7-14(8-9-15)12(16)10-11(3)13-5-2/h11,13,15H,4-10H2,1-3H3. The molecule has 1 atom stereocenters. The zero-order valence-corrected chi connectivity index (χ0v) is 10.8. The molecule has 1 unspecified atom stereocenters. The van der Waals surface area contributed by atoms with Crippen LogP contribution in [0.25, 0.3) is 0 Å². The Labute approximate surface area is 99.0 Å². The monoisotopic (exact) mass is 230 g/mol. The first-order chi connectivity index (χ1) is 7.65. The number of rotatable bonds is 9. The number of unbranched alkanes of at least 4 members (excludes halogenated alkanes) is 1. The van der Waals surface area contributed by atoms with Crippen molar-refractivity contribution in [2.45, 2.75) is 46.1 Å². The van der Waals surface area contributed by atoms with E-state index in [-0.39, 0.29) is 18.6 Å². The van der Waals surface area contributed by atoms with Gasteiger partial charge in [-0.2, -0.15) is 0 Å². The number of amides is 1. The van der Waals surface area contributed by atoms with Crippen LogP contribution in [-0.4, -0.2) is 48.2 Å². The molecule has 0 saturated heterocycles.